The average Bonchev–Trinajstić information content (AvgIpc) is 2.36. The van der Waals surface area contributed by atoms with Crippen molar-refractivity contribution in [2.75, 3.05) is 13.7 Å². The highest BCUT2D eigenvalue weighted by molar-refractivity contribution is 7.89. The van der Waals surface area contributed by atoms with E-state index in [4.69, 9.17) is 10.5 Å². The van der Waals surface area contributed by atoms with Crippen molar-refractivity contribution < 1.29 is 13.2 Å². The summed E-state index contributed by atoms with van der Waals surface area (Å²) >= 11 is 0. The third-order valence-electron chi connectivity index (χ3n) is 3.04. The molecule has 0 radical (unpaired) electrons. The molecular weight excluding hydrogens is 276 g/mol. The molecule has 0 saturated heterocycles. The van der Waals surface area contributed by atoms with E-state index < -0.39 is 10.0 Å². The number of ether oxygens (including phenoxy) is 1. The van der Waals surface area contributed by atoms with Crippen LogP contribution in [0.3, 0.4) is 0 Å². The van der Waals surface area contributed by atoms with Crippen LogP contribution in [-0.2, 0) is 10.0 Å². The molecule has 0 bridgehead atoms. The lowest BCUT2D eigenvalue weighted by Gasteiger charge is -2.19. The average molecular weight is 300 g/mol. The van der Waals surface area contributed by atoms with Crippen molar-refractivity contribution in [1.29, 1.82) is 0 Å². The minimum atomic E-state index is -3.55. The number of sulfonamides is 1. The number of rotatable bonds is 7. The smallest absolute Gasteiger partial charge is 0.240 e. The van der Waals surface area contributed by atoms with Crippen LogP contribution in [0.5, 0.6) is 5.75 Å². The van der Waals surface area contributed by atoms with Crippen molar-refractivity contribution in [3.8, 4) is 5.75 Å². The highest BCUT2D eigenvalue weighted by atomic mass is 32.2. The first kappa shape index (κ1) is 16.9. The number of nitrogens with two attached hydrogens (primary N) is 1. The van der Waals surface area contributed by atoms with Crippen LogP contribution in [0, 0.1) is 12.8 Å². The summed E-state index contributed by atoms with van der Waals surface area (Å²) in [5.41, 5.74) is 6.42. The predicted octanol–water partition coefficient (Wildman–Crippen LogP) is 1.66. The van der Waals surface area contributed by atoms with E-state index in [1.165, 1.54) is 6.07 Å². The van der Waals surface area contributed by atoms with Crippen molar-refractivity contribution >= 4 is 10.0 Å². The summed E-state index contributed by atoms with van der Waals surface area (Å²) in [7, 11) is -1.99. The quantitative estimate of drug-likeness (QED) is 0.802. The Bertz CT molecular complexity index is 541. The molecule has 0 amide bonds. The maximum absolute atomic E-state index is 12.3. The normalized spacial score (nSPS) is 13.5. The van der Waals surface area contributed by atoms with Gasteiger partial charge in [-0.2, -0.15) is 0 Å². The van der Waals surface area contributed by atoms with Crippen molar-refractivity contribution in [1.82, 2.24) is 4.72 Å². The lowest BCUT2D eigenvalue weighted by molar-refractivity contribution is 0.411. The summed E-state index contributed by atoms with van der Waals surface area (Å²) in [6.45, 7) is 6.17. The van der Waals surface area contributed by atoms with Gasteiger partial charge in [0.05, 0.1) is 12.0 Å². The SMILES string of the molecule is COc1ccc(S(=O)(=O)N[C@H](CN)CC(C)C)cc1C. The van der Waals surface area contributed by atoms with Gasteiger partial charge in [0.25, 0.3) is 0 Å². The van der Waals surface area contributed by atoms with Gasteiger partial charge >= 0.3 is 0 Å². The molecule has 0 unspecified atom stereocenters. The maximum atomic E-state index is 12.3. The van der Waals surface area contributed by atoms with Crippen LogP contribution in [0.2, 0.25) is 0 Å². The highest BCUT2D eigenvalue weighted by Gasteiger charge is 2.20. The summed E-state index contributed by atoms with van der Waals surface area (Å²) in [6, 6.07) is 4.55. The largest absolute Gasteiger partial charge is 0.496 e. The van der Waals surface area contributed by atoms with Gasteiger partial charge in [-0.3, -0.25) is 0 Å². The second-order valence-corrected chi connectivity index (χ2v) is 7.03. The fourth-order valence-electron chi connectivity index (χ4n) is 2.07. The fraction of sp³-hybridized carbons (Fsp3) is 0.571. The monoisotopic (exact) mass is 300 g/mol. The van der Waals surface area contributed by atoms with E-state index in [1.807, 2.05) is 20.8 Å². The lowest BCUT2D eigenvalue weighted by atomic mass is 10.1. The van der Waals surface area contributed by atoms with Crippen LogP contribution >= 0.6 is 0 Å². The van der Waals surface area contributed by atoms with Gasteiger partial charge in [-0.25, -0.2) is 13.1 Å². The predicted molar refractivity (Wildman–Crippen MR) is 80.3 cm³/mol. The van der Waals surface area contributed by atoms with Gasteiger partial charge < -0.3 is 10.5 Å². The Kier molecular flexibility index (Phi) is 5.98. The van der Waals surface area contributed by atoms with E-state index in [2.05, 4.69) is 4.72 Å². The molecule has 114 valence electrons. The van der Waals surface area contributed by atoms with Crippen LogP contribution in [0.1, 0.15) is 25.8 Å². The number of hydrogen-bond donors (Lipinski definition) is 2. The van der Waals surface area contributed by atoms with Gasteiger partial charge in [0.1, 0.15) is 5.75 Å². The van der Waals surface area contributed by atoms with Crippen LogP contribution < -0.4 is 15.2 Å². The summed E-state index contributed by atoms with van der Waals surface area (Å²) in [5.74, 6) is 1.05. The summed E-state index contributed by atoms with van der Waals surface area (Å²) in [6.07, 6.45) is 0.713. The van der Waals surface area contributed by atoms with Gasteiger partial charge in [0, 0.05) is 12.6 Å². The fourth-order valence-corrected chi connectivity index (χ4v) is 3.41. The Morgan fingerprint density at radius 3 is 2.45 bits per heavy atom. The molecule has 20 heavy (non-hydrogen) atoms. The highest BCUT2D eigenvalue weighted by Crippen LogP contribution is 2.21. The molecule has 0 saturated carbocycles. The summed E-state index contributed by atoms with van der Waals surface area (Å²) in [4.78, 5) is 0.234. The second kappa shape index (κ2) is 7.06. The first-order valence-corrected chi connectivity index (χ1v) is 8.15. The van der Waals surface area contributed by atoms with E-state index >= 15 is 0 Å². The Morgan fingerprint density at radius 2 is 2.00 bits per heavy atom. The molecule has 3 N–H and O–H groups in total. The zero-order chi connectivity index (χ0) is 15.3. The number of aryl methyl sites for hydroxylation is 1. The molecule has 0 aliphatic heterocycles. The van der Waals surface area contributed by atoms with Crippen molar-refractivity contribution in [3.63, 3.8) is 0 Å². The molecule has 1 aromatic rings. The van der Waals surface area contributed by atoms with E-state index in [9.17, 15) is 8.42 Å². The van der Waals surface area contributed by atoms with E-state index in [-0.39, 0.29) is 17.5 Å². The minimum absolute atomic E-state index is 0.234. The first-order valence-electron chi connectivity index (χ1n) is 6.67. The molecule has 1 aromatic carbocycles. The molecular formula is C14H24N2O3S. The summed E-state index contributed by atoms with van der Waals surface area (Å²) in [5, 5.41) is 0. The molecule has 0 heterocycles. The van der Waals surface area contributed by atoms with E-state index in [1.54, 1.807) is 19.2 Å². The van der Waals surface area contributed by atoms with Crippen molar-refractivity contribution in [2.45, 2.75) is 38.1 Å². The lowest BCUT2D eigenvalue weighted by Crippen LogP contribution is -2.40. The molecule has 6 heteroatoms. The van der Waals surface area contributed by atoms with Crippen LogP contribution in [0.4, 0.5) is 0 Å². The summed E-state index contributed by atoms with van der Waals surface area (Å²) < 4.78 is 32.4. The zero-order valence-corrected chi connectivity index (χ0v) is 13.3. The van der Waals surface area contributed by atoms with Gasteiger partial charge in [0.15, 0.2) is 0 Å². The first-order chi connectivity index (χ1) is 9.30. The molecule has 0 aliphatic carbocycles. The van der Waals surface area contributed by atoms with Gasteiger partial charge in [-0.15, -0.1) is 0 Å². The Labute approximate surface area is 121 Å². The maximum Gasteiger partial charge on any atom is 0.240 e. The molecule has 0 aliphatic rings. The van der Waals surface area contributed by atoms with Crippen LogP contribution in [0.15, 0.2) is 23.1 Å². The van der Waals surface area contributed by atoms with Gasteiger partial charge in [-0.05, 0) is 43.0 Å². The standard InChI is InChI=1S/C14H24N2O3S/c1-10(2)7-12(9-15)16-20(17,18)13-5-6-14(19-4)11(3)8-13/h5-6,8,10,12,16H,7,9,15H2,1-4H3/t12-/m0/s1. The number of nitrogens with one attached hydrogen (secondary N) is 1. The molecule has 0 aromatic heterocycles. The molecule has 1 rings (SSSR count). The molecule has 5 nitrogen and oxygen atoms in total. The minimum Gasteiger partial charge on any atom is -0.496 e. The zero-order valence-electron chi connectivity index (χ0n) is 12.5. The molecule has 1 atom stereocenters. The second-order valence-electron chi connectivity index (χ2n) is 5.31. The van der Waals surface area contributed by atoms with Crippen molar-refractivity contribution in [2.24, 2.45) is 11.7 Å². The Hall–Kier alpha value is -1.11. The Balaban J connectivity index is 2.95. The van der Waals surface area contributed by atoms with Crippen molar-refractivity contribution in [3.05, 3.63) is 23.8 Å². The topological polar surface area (TPSA) is 81.4 Å². The van der Waals surface area contributed by atoms with E-state index in [0.717, 1.165) is 5.56 Å². The molecule has 0 spiro atoms. The van der Waals surface area contributed by atoms with E-state index in [0.29, 0.717) is 18.1 Å². The number of benzene rings is 1. The van der Waals surface area contributed by atoms with Gasteiger partial charge in [-0.1, -0.05) is 13.8 Å². The number of methoxy groups -OCH3 is 1. The van der Waals surface area contributed by atoms with Crippen LogP contribution in [0.25, 0.3) is 0 Å². The number of hydrogen-bond acceptors (Lipinski definition) is 4. The third kappa shape index (κ3) is 4.47. The third-order valence-corrected chi connectivity index (χ3v) is 4.56. The van der Waals surface area contributed by atoms with Gasteiger partial charge in [0.2, 0.25) is 10.0 Å². The van der Waals surface area contributed by atoms with Crippen LogP contribution in [-0.4, -0.2) is 28.1 Å². The molecule has 0 fully saturated rings. The Morgan fingerprint density at radius 1 is 1.35 bits per heavy atom.